The highest BCUT2D eigenvalue weighted by Crippen LogP contribution is 2.34. The predicted octanol–water partition coefficient (Wildman–Crippen LogP) is 3.19. The Bertz CT molecular complexity index is 386. The Morgan fingerprint density at radius 3 is 2.94 bits per heavy atom. The van der Waals surface area contributed by atoms with E-state index in [1.165, 1.54) is 35.1 Å². The molecule has 102 valence electrons. The molecule has 1 saturated heterocycles. The van der Waals surface area contributed by atoms with Crippen molar-refractivity contribution in [3.63, 3.8) is 0 Å². The molecule has 4 heteroatoms. The number of aryl methyl sites for hydroxylation is 1. The molecule has 0 amide bonds. The highest BCUT2D eigenvalue weighted by molar-refractivity contribution is 7.15. The summed E-state index contributed by atoms with van der Waals surface area (Å²) in [4.78, 5) is 8.70. The fourth-order valence-corrected chi connectivity index (χ4v) is 3.78. The molecule has 0 radical (unpaired) electrons. The summed E-state index contributed by atoms with van der Waals surface area (Å²) in [6.07, 6.45) is 2.63. The Morgan fingerprint density at radius 1 is 1.50 bits per heavy atom. The van der Waals surface area contributed by atoms with Gasteiger partial charge in [-0.1, -0.05) is 20.8 Å². The van der Waals surface area contributed by atoms with Gasteiger partial charge in [-0.15, -0.1) is 11.3 Å². The lowest BCUT2D eigenvalue weighted by Crippen LogP contribution is -2.33. The summed E-state index contributed by atoms with van der Waals surface area (Å²) >= 11 is 1.87. The van der Waals surface area contributed by atoms with Gasteiger partial charge in [0, 0.05) is 24.0 Å². The average Bonchev–Trinajstić information content (AvgIpc) is 2.92. The second kappa shape index (κ2) is 6.02. The summed E-state index contributed by atoms with van der Waals surface area (Å²) < 4.78 is 0. The quantitative estimate of drug-likeness (QED) is 0.888. The van der Waals surface area contributed by atoms with E-state index in [1.807, 2.05) is 11.3 Å². The molecule has 1 atom stereocenters. The van der Waals surface area contributed by atoms with Gasteiger partial charge in [-0.3, -0.25) is 0 Å². The van der Waals surface area contributed by atoms with E-state index in [0.717, 1.165) is 13.1 Å². The Hall–Kier alpha value is -0.610. The zero-order valence-electron chi connectivity index (χ0n) is 12.0. The Morgan fingerprint density at radius 2 is 2.28 bits per heavy atom. The van der Waals surface area contributed by atoms with Crippen molar-refractivity contribution in [3.8, 4) is 0 Å². The van der Waals surface area contributed by atoms with Crippen LogP contribution in [-0.2, 0) is 6.54 Å². The van der Waals surface area contributed by atoms with Gasteiger partial charge >= 0.3 is 0 Å². The van der Waals surface area contributed by atoms with Crippen molar-refractivity contribution >= 4 is 16.5 Å². The van der Waals surface area contributed by atoms with Gasteiger partial charge in [0.2, 0.25) is 0 Å². The topological polar surface area (TPSA) is 28.2 Å². The minimum atomic E-state index is 0.683. The van der Waals surface area contributed by atoms with Gasteiger partial charge in [-0.05, 0) is 32.2 Å². The fourth-order valence-electron chi connectivity index (χ4n) is 2.66. The SMILES string of the molecule is CCNCc1sc(N2CCCC2C(C)C)nc1C. The molecular formula is C14H25N3S. The minimum absolute atomic E-state index is 0.683. The van der Waals surface area contributed by atoms with Gasteiger partial charge < -0.3 is 10.2 Å². The number of hydrogen-bond acceptors (Lipinski definition) is 4. The van der Waals surface area contributed by atoms with Crippen LogP contribution < -0.4 is 10.2 Å². The average molecular weight is 267 g/mol. The maximum atomic E-state index is 4.78. The molecule has 0 bridgehead atoms. The summed E-state index contributed by atoms with van der Waals surface area (Å²) in [5.41, 5.74) is 1.20. The Kier molecular flexibility index (Phi) is 4.62. The van der Waals surface area contributed by atoms with Crippen LogP contribution in [0.3, 0.4) is 0 Å². The molecule has 1 aliphatic heterocycles. The molecule has 2 heterocycles. The third-order valence-electron chi connectivity index (χ3n) is 3.73. The summed E-state index contributed by atoms with van der Waals surface area (Å²) in [6, 6.07) is 0.683. The van der Waals surface area contributed by atoms with E-state index in [1.54, 1.807) is 0 Å². The van der Waals surface area contributed by atoms with Crippen molar-refractivity contribution in [3.05, 3.63) is 10.6 Å². The molecule has 18 heavy (non-hydrogen) atoms. The molecule has 1 fully saturated rings. The first-order chi connectivity index (χ1) is 8.63. The predicted molar refractivity (Wildman–Crippen MR) is 79.4 cm³/mol. The number of aromatic nitrogens is 1. The van der Waals surface area contributed by atoms with Crippen molar-refractivity contribution in [2.24, 2.45) is 5.92 Å². The van der Waals surface area contributed by atoms with Crippen LogP contribution in [0.25, 0.3) is 0 Å². The highest BCUT2D eigenvalue weighted by atomic mass is 32.1. The number of rotatable bonds is 5. The molecule has 0 aromatic carbocycles. The number of thiazole rings is 1. The van der Waals surface area contributed by atoms with E-state index in [2.05, 4.69) is 37.9 Å². The third-order valence-corrected chi connectivity index (χ3v) is 4.93. The van der Waals surface area contributed by atoms with Crippen LogP contribution in [0.2, 0.25) is 0 Å². The molecule has 1 aromatic heterocycles. The molecule has 1 N–H and O–H groups in total. The number of nitrogens with zero attached hydrogens (tertiary/aromatic N) is 2. The van der Waals surface area contributed by atoms with Gasteiger partial charge in [-0.2, -0.15) is 0 Å². The van der Waals surface area contributed by atoms with Gasteiger partial charge in [0.15, 0.2) is 5.13 Å². The van der Waals surface area contributed by atoms with Gasteiger partial charge in [0.1, 0.15) is 0 Å². The lowest BCUT2D eigenvalue weighted by molar-refractivity contribution is 0.491. The maximum absolute atomic E-state index is 4.78. The summed E-state index contributed by atoms with van der Waals surface area (Å²) in [7, 11) is 0. The van der Waals surface area contributed by atoms with Crippen LogP contribution in [0.4, 0.5) is 5.13 Å². The van der Waals surface area contributed by atoms with E-state index < -0.39 is 0 Å². The molecule has 2 rings (SSSR count). The highest BCUT2D eigenvalue weighted by Gasteiger charge is 2.29. The lowest BCUT2D eigenvalue weighted by Gasteiger charge is -2.27. The molecule has 0 aliphatic carbocycles. The molecule has 1 unspecified atom stereocenters. The van der Waals surface area contributed by atoms with Crippen molar-refractivity contribution in [1.82, 2.24) is 10.3 Å². The molecule has 1 aromatic rings. The first-order valence-electron chi connectivity index (χ1n) is 7.07. The van der Waals surface area contributed by atoms with E-state index in [0.29, 0.717) is 12.0 Å². The standard InChI is InChI=1S/C14H25N3S/c1-5-15-9-13-11(4)16-14(18-13)17-8-6-7-12(17)10(2)3/h10,12,15H,5-9H2,1-4H3. The number of anilines is 1. The molecule has 0 spiro atoms. The minimum Gasteiger partial charge on any atom is -0.345 e. The van der Waals surface area contributed by atoms with Gasteiger partial charge in [0.05, 0.1) is 5.69 Å². The Balaban J connectivity index is 2.13. The Labute approximate surface area is 115 Å². The second-order valence-electron chi connectivity index (χ2n) is 5.43. The van der Waals surface area contributed by atoms with Crippen molar-refractivity contribution in [1.29, 1.82) is 0 Å². The third kappa shape index (κ3) is 2.86. The second-order valence-corrected chi connectivity index (χ2v) is 6.49. The van der Waals surface area contributed by atoms with Crippen molar-refractivity contribution < 1.29 is 0 Å². The van der Waals surface area contributed by atoms with E-state index >= 15 is 0 Å². The molecular weight excluding hydrogens is 242 g/mol. The monoisotopic (exact) mass is 267 g/mol. The molecule has 0 saturated carbocycles. The van der Waals surface area contributed by atoms with Gasteiger partial charge in [0.25, 0.3) is 0 Å². The van der Waals surface area contributed by atoms with Crippen LogP contribution in [0.5, 0.6) is 0 Å². The zero-order valence-corrected chi connectivity index (χ0v) is 12.8. The lowest BCUT2D eigenvalue weighted by atomic mass is 10.0. The van der Waals surface area contributed by atoms with Crippen LogP contribution in [0.1, 0.15) is 44.2 Å². The van der Waals surface area contributed by atoms with E-state index in [4.69, 9.17) is 4.98 Å². The maximum Gasteiger partial charge on any atom is 0.186 e. The van der Waals surface area contributed by atoms with Crippen LogP contribution >= 0.6 is 11.3 Å². The van der Waals surface area contributed by atoms with Crippen molar-refractivity contribution in [2.75, 3.05) is 18.0 Å². The summed E-state index contributed by atoms with van der Waals surface area (Å²) in [5, 5.41) is 4.63. The first kappa shape index (κ1) is 13.8. The smallest absolute Gasteiger partial charge is 0.186 e. The number of hydrogen-bond donors (Lipinski definition) is 1. The van der Waals surface area contributed by atoms with Crippen molar-refractivity contribution in [2.45, 2.75) is 53.1 Å². The largest absolute Gasteiger partial charge is 0.345 e. The summed E-state index contributed by atoms with van der Waals surface area (Å²) in [6.45, 7) is 12.1. The van der Waals surface area contributed by atoms with Crippen LogP contribution in [-0.4, -0.2) is 24.1 Å². The normalized spacial score (nSPS) is 20.1. The molecule has 3 nitrogen and oxygen atoms in total. The van der Waals surface area contributed by atoms with E-state index in [9.17, 15) is 0 Å². The fraction of sp³-hybridized carbons (Fsp3) is 0.786. The molecule has 1 aliphatic rings. The van der Waals surface area contributed by atoms with Gasteiger partial charge in [-0.25, -0.2) is 4.98 Å². The van der Waals surface area contributed by atoms with E-state index in [-0.39, 0.29) is 0 Å². The van der Waals surface area contributed by atoms with Crippen LogP contribution in [0, 0.1) is 12.8 Å². The van der Waals surface area contributed by atoms with Crippen LogP contribution in [0.15, 0.2) is 0 Å². The zero-order chi connectivity index (χ0) is 13.1. The number of nitrogens with one attached hydrogen (secondary N) is 1. The first-order valence-corrected chi connectivity index (χ1v) is 7.88. The summed E-state index contributed by atoms with van der Waals surface area (Å²) in [5.74, 6) is 0.717.